The van der Waals surface area contributed by atoms with Gasteiger partial charge in [0.05, 0.1) is 35.8 Å². The van der Waals surface area contributed by atoms with E-state index in [2.05, 4.69) is 10.4 Å². The minimum atomic E-state index is -0.433. The van der Waals surface area contributed by atoms with Gasteiger partial charge in [-0.3, -0.25) is 19.2 Å². The van der Waals surface area contributed by atoms with Crippen molar-refractivity contribution in [1.29, 1.82) is 0 Å². The van der Waals surface area contributed by atoms with Gasteiger partial charge in [0.25, 0.3) is 0 Å². The van der Waals surface area contributed by atoms with Crippen LogP contribution >= 0.6 is 0 Å². The number of rotatable bonds is 3. The van der Waals surface area contributed by atoms with Crippen molar-refractivity contribution in [3.05, 3.63) is 30.6 Å². The molecule has 2 aliphatic rings. The highest BCUT2D eigenvalue weighted by atomic mass is 16.6. The summed E-state index contributed by atoms with van der Waals surface area (Å²) in [5.41, 5.74) is 3.06. The van der Waals surface area contributed by atoms with Gasteiger partial charge in [-0.25, -0.2) is 4.79 Å². The lowest BCUT2D eigenvalue weighted by molar-refractivity contribution is -0.123. The predicted molar refractivity (Wildman–Crippen MR) is 121 cm³/mol. The molecule has 1 aromatic carbocycles. The molecule has 3 heterocycles. The fourth-order valence-electron chi connectivity index (χ4n) is 4.40. The molecule has 0 spiro atoms. The first-order chi connectivity index (χ1) is 15.2. The second-order valence-electron chi connectivity index (χ2n) is 8.69. The summed E-state index contributed by atoms with van der Waals surface area (Å²) in [4.78, 5) is 40.2. The van der Waals surface area contributed by atoms with E-state index >= 15 is 0 Å². The summed E-state index contributed by atoms with van der Waals surface area (Å²) in [5, 5.41) is 7.32. The van der Waals surface area contributed by atoms with Crippen LogP contribution in [0, 0.1) is 0 Å². The molecule has 0 radical (unpaired) electrons. The zero-order chi connectivity index (χ0) is 23.0. The van der Waals surface area contributed by atoms with Gasteiger partial charge in [-0.1, -0.05) is 6.07 Å². The first kappa shape index (κ1) is 21.9. The summed E-state index contributed by atoms with van der Waals surface area (Å²) in [6.07, 6.45) is 4.25. The molecule has 1 saturated heterocycles. The molecule has 2 atom stereocenters. The van der Waals surface area contributed by atoms with E-state index in [1.54, 1.807) is 16.0 Å². The van der Waals surface area contributed by atoms with Gasteiger partial charge in [0.15, 0.2) is 0 Å². The Kier molecular flexibility index (Phi) is 5.90. The quantitative estimate of drug-likeness (QED) is 0.793. The number of amides is 3. The van der Waals surface area contributed by atoms with E-state index < -0.39 is 6.09 Å². The highest BCUT2D eigenvalue weighted by molar-refractivity contribution is 6.03. The molecular formula is C23H29N5O4. The molecule has 1 N–H and O–H groups in total. The summed E-state index contributed by atoms with van der Waals surface area (Å²) in [6.45, 7) is 8.05. The van der Waals surface area contributed by atoms with E-state index in [0.717, 1.165) is 17.5 Å². The number of carbonyl (C=O) groups excluding carboxylic acids is 3. The molecule has 170 valence electrons. The van der Waals surface area contributed by atoms with Gasteiger partial charge in [0.1, 0.15) is 0 Å². The lowest BCUT2D eigenvalue weighted by atomic mass is 10.0. The van der Waals surface area contributed by atoms with Gasteiger partial charge < -0.3 is 15.0 Å². The van der Waals surface area contributed by atoms with Crippen molar-refractivity contribution < 1.29 is 19.1 Å². The first-order valence-electron chi connectivity index (χ1n) is 11.0. The van der Waals surface area contributed by atoms with Crippen LogP contribution in [0.4, 0.5) is 16.2 Å². The SMILES string of the molecule is CC(=O)N1c2ccc(-c3cnn(C4CCNC(=O)C4)c3)cc2N(C(=O)OC(C)C)CC1C. The van der Waals surface area contributed by atoms with E-state index in [9.17, 15) is 14.4 Å². The van der Waals surface area contributed by atoms with Crippen molar-refractivity contribution in [2.24, 2.45) is 0 Å². The Morgan fingerprint density at radius 2 is 2.00 bits per heavy atom. The second kappa shape index (κ2) is 8.64. The average Bonchev–Trinajstić information content (AvgIpc) is 3.22. The predicted octanol–water partition coefficient (Wildman–Crippen LogP) is 3.11. The van der Waals surface area contributed by atoms with E-state index in [0.29, 0.717) is 30.9 Å². The van der Waals surface area contributed by atoms with Gasteiger partial charge >= 0.3 is 6.09 Å². The number of anilines is 2. The first-order valence-corrected chi connectivity index (χ1v) is 11.0. The normalized spacial score (nSPS) is 20.7. The van der Waals surface area contributed by atoms with Crippen LogP contribution in [0.25, 0.3) is 11.1 Å². The number of piperidine rings is 1. The molecule has 9 heteroatoms. The summed E-state index contributed by atoms with van der Waals surface area (Å²) in [5.74, 6) is -0.0448. The van der Waals surface area contributed by atoms with Crippen LogP contribution in [-0.2, 0) is 14.3 Å². The Labute approximate surface area is 187 Å². The molecule has 2 aliphatic heterocycles. The number of nitrogens with one attached hydrogen (secondary N) is 1. The van der Waals surface area contributed by atoms with Crippen LogP contribution in [0.15, 0.2) is 30.6 Å². The van der Waals surface area contributed by atoms with Crippen molar-refractivity contribution in [3.63, 3.8) is 0 Å². The molecule has 4 rings (SSSR count). The lowest BCUT2D eigenvalue weighted by Crippen LogP contribution is -2.51. The fraction of sp³-hybridized carbons (Fsp3) is 0.478. The minimum Gasteiger partial charge on any atom is -0.446 e. The topological polar surface area (TPSA) is 96.8 Å². The lowest BCUT2D eigenvalue weighted by Gasteiger charge is -2.40. The molecule has 2 unspecified atom stereocenters. The number of fused-ring (bicyclic) bond motifs is 1. The van der Waals surface area contributed by atoms with E-state index in [-0.39, 0.29) is 30.0 Å². The number of nitrogens with zero attached hydrogens (tertiary/aromatic N) is 4. The molecule has 0 aliphatic carbocycles. The van der Waals surface area contributed by atoms with Crippen LogP contribution in [0.2, 0.25) is 0 Å². The molecule has 0 saturated carbocycles. The van der Waals surface area contributed by atoms with E-state index in [1.807, 2.05) is 49.8 Å². The van der Waals surface area contributed by atoms with Crippen molar-refractivity contribution in [2.75, 3.05) is 22.9 Å². The zero-order valence-corrected chi connectivity index (χ0v) is 18.9. The van der Waals surface area contributed by atoms with Gasteiger partial charge in [0.2, 0.25) is 11.8 Å². The van der Waals surface area contributed by atoms with E-state index in [4.69, 9.17) is 4.74 Å². The van der Waals surface area contributed by atoms with Crippen LogP contribution in [0.5, 0.6) is 0 Å². The molecule has 32 heavy (non-hydrogen) atoms. The molecule has 1 fully saturated rings. The largest absolute Gasteiger partial charge is 0.446 e. The summed E-state index contributed by atoms with van der Waals surface area (Å²) >= 11 is 0. The Morgan fingerprint density at radius 3 is 2.69 bits per heavy atom. The summed E-state index contributed by atoms with van der Waals surface area (Å²) in [6, 6.07) is 5.54. The van der Waals surface area contributed by atoms with Crippen LogP contribution in [0.3, 0.4) is 0 Å². The average molecular weight is 440 g/mol. The molecule has 0 bridgehead atoms. The van der Waals surface area contributed by atoms with Gasteiger partial charge in [-0.15, -0.1) is 0 Å². The minimum absolute atomic E-state index is 0.0294. The Hall–Kier alpha value is -3.36. The van der Waals surface area contributed by atoms with Gasteiger partial charge in [-0.2, -0.15) is 5.10 Å². The van der Waals surface area contributed by atoms with Crippen LogP contribution < -0.4 is 15.1 Å². The molecule has 9 nitrogen and oxygen atoms in total. The Bertz CT molecular complexity index is 1050. The zero-order valence-electron chi connectivity index (χ0n) is 18.9. The van der Waals surface area contributed by atoms with Gasteiger partial charge in [-0.05, 0) is 44.9 Å². The third-order valence-corrected chi connectivity index (χ3v) is 5.84. The summed E-state index contributed by atoms with van der Waals surface area (Å²) < 4.78 is 7.29. The van der Waals surface area contributed by atoms with Crippen molar-refractivity contribution >= 4 is 29.3 Å². The fourth-order valence-corrected chi connectivity index (χ4v) is 4.40. The highest BCUT2D eigenvalue weighted by Gasteiger charge is 2.35. The molecule has 1 aromatic heterocycles. The standard InChI is InChI=1S/C23H29N5O4/c1-14(2)32-23(31)26-12-15(3)28(16(4)29)20-6-5-17(9-21(20)26)18-11-25-27(13-18)19-7-8-24-22(30)10-19/h5-6,9,11,13-15,19H,7-8,10,12H2,1-4H3,(H,24,30). The maximum absolute atomic E-state index is 12.8. The highest BCUT2D eigenvalue weighted by Crippen LogP contribution is 2.39. The van der Waals surface area contributed by atoms with E-state index in [1.165, 1.54) is 6.92 Å². The molecule has 2 aromatic rings. The molecule has 3 amide bonds. The number of benzene rings is 1. The number of aromatic nitrogens is 2. The monoisotopic (exact) mass is 439 g/mol. The number of hydrogen-bond donors (Lipinski definition) is 1. The van der Waals surface area contributed by atoms with Crippen LogP contribution in [0.1, 0.15) is 46.6 Å². The van der Waals surface area contributed by atoms with Crippen molar-refractivity contribution in [2.45, 2.75) is 58.7 Å². The maximum Gasteiger partial charge on any atom is 0.414 e. The third kappa shape index (κ3) is 4.19. The second-order valence-corrected chi connectivity index (χ2v) is 8.69. The summed E-state index contributed by atoms with van der Waals surface area (Å²) in [7, 11) is 0. The molecular weight excluding hydrogens is 410 g/mol. The smallest absolute Gasteiger partial charge is 0.414 e. The number of hydrogen-bond acceptors (Lipinski definition) is 5. The number of ether oxygens (including phenoxy) is 1. The number of carbonyl (C=O) groups is 3. The Balaban J connectivity index is 1.70. The van der Waals surface area contributed by atoms with Gasteiger partial charge in [0, 0.05) is 38.2 Å². The third-order valence-electron chi connectivity index (χ3n) is 5.84. The van der Waals surface area contributed by atoms with Crippen molar-refractivity contribution in [1.82, 2.24) is 15.1 Å². The Morgan fingerprint density at radius 1 is 1.22 bits per heavy atom. The van der Waals surface area contributed by atoms with Crippen LogP contribution in [-0.4, -0.2) is 52.9 Å². The van der Waals surface area contributed by atoms with Crippen molar-refractivity contribution in [3.8, 4) is 11.1 Å². The maximum atomic E-state index is 12.8.